The van der Waals surface area contributed by atoms with Crippen LogP contribution in [0.3, 0.4) is 0 Å². The standard InChI is InChI=1S/C23H16F2N2O2/c1-14-8-10-15(11-9-14)20-21(26-18-6-2-4-16(24)12-18)23(29)27(22(20)28)19-7-3-5-17(25)13-19/h2-13,26H,1H3. The van der Waals surface area contributed by atoms with Crippen molar-refractivity contribution in [2.45, 2.75) is 6.92 Å². The second-order valence-corrected chi connectivity index (χ2v) is 6.68. The van der Waals surface area contributed by atoms with E-state index in [9.17, 15) is 18.4 Å². The summed E-state index contributed by atoms with van der Waals surface area (Å²) in [6.07, 6.45) is 0. The van der Waals surface area contributed by atoms with Crippen LogP contribution < -0.4 is 10.2 Å². The van der Waals surface area contributed by atoms with Crippen LogP contribution in [0.25, 0.3) is 5.57 Å². The van der Waals surface area contributed by atoms with Gasteiger partial charge < -0.3 is 5.32 Å². The monoisotopic (exact) mass is 390 g/mol. The zero-order valence-corrected chi connectivity index (χ0v) is 15.4. The molecular formula is C23H16F2N2O2. The average molecular weight is 390 g/mol. The first kappa shape index (κ1) is 18.6. The average Bonchev–Trinajstić information content (AvgIpc) is 2.92. The molecule has 144 valence electrons. The van der Waals surface area contributed by atoms with E-state index in [1.54, 1.807) is 18.2 Å². The number of aryl methyl sites for hydroxylation is 1. The van der Waals surface area contributed by atoms with E-state index < -0.39 is 23.4 Å². The van der Waals surface area contributed by atoms with Gasteiger partial charge in [-0.3, -0.25) is 9.59 Å². The number of imide groups is 1. The van der Waals surface area contributed by atoms with Crippen LogP contribution in [-0.2, 0) is 9.59 Å². The third kappa shape index (κ3) is 3.52. The Bertz CT molecular complexity index is 1150. The van der Waals surface area contributed by atoms with E-state index in [0.29, 0.717) is 11.3 Å². The molecule has 0 spiro atoms. The number of nitrogens with zero attached hydrogens (tertiary/aromatic N) is 1. The van der Waals surface area contributed by atoms with Crippen molar-refractivity contribution in [1.82, 2.24) is 0 Å². The van der Waals surface area contributed by atoms with Crippen molar-refractivity contribution in [3.8, 4) is 0 Å². The van der Waals surface area contributed by atoms with Gasteiger partial charge in [0, 0.05) is 5.69 Å². The minimum Gasteiger partial charge on any atom is -0.350 e. The van der Waals surface area contributed by atoms with Gasteiger partial charge in [-0.2, -0.15) is 0 Å². The minimum atomic E-state index is -0.638. The highest BCUT2D eigenvalue weighted by Crippen LogP contribution is 2.34. The molecule has 0 atom stereocenters. The number of carbonyl (C=O) groups excluding carboxylic acids is 2. The first-order valence-corrected chi connectivity index (χ1v) is 8.92. The van der Waals surface area contributed by atoms with Gasteiger partial charge in [0.2, 0.25) is 0 Å². The molecule has 0 bridgehead atoms. The normalized spacial score (nSPS) is 14.0. The molecule has 4 nitrogen and oxygen atoms in total. The van der Waals surface area contributed by atoms with Crippen LogP contribution in [0.15, 0.2) is 78.5 Å². The molecule has 0 saturated heterocycles. The summed E-state index contributed by atoms with van der Waals surface area (Å²) in [5, 5.41) is 2.87. The fourth-order valence-electron chi connectivity index (χ4n) is 3.19. The Hall–Kier alpha value is -3.80. The Morgan fingerprint density at radius 1 is 0.793 bits per heavy atom. The van der Waals surface area contributed by atoms with E-state index in [1.807, 2.05) is 19.1 Å². The van der Waals surface area contributed by atoms with Crippen molar-refractivity contribution >= 4 is 28.8 Å². The number of benzene rings is 3. The molecule has 0 unspecified atom stereocenters. The summed E-state index contributed by atoms with van der Waals surface area (Å²) >= 11 is 0. The van der Waals surface area contributed by atoms with Gasteiger partial charge in [-0.05, 0) is 48.9 Å². The van der Waals surface area contributed by atoms with Gasteiger partial charge in [-0.25, -0.2) is 13.7 Å². The molecule has 0 fully saturated rings. The van der Waals surface area contributed by atoms with Crippen LogP contribution in [0.4, 0.5) is 20.2 Å². The molecule has 1 aliphatic heterocycles. The SMILES string of the molecule is Cc1ccc(C2=C(Nc3cccc(F)c3)C(=O)N(c3cccc(F)c3)C2=O)cc1. The smallest absolute Gasteiger partial charge is 0.282 e. The predicted octanol–water partition coefficient (Wildman–Crippen LogP) is 4.67. The summed E-state index contributed by atoms with van der Waals surface area (Å²) in [6.45, 7) is 1.91. The topological polar surface area (TPSA) is 49.4 Å². The Morgan fingerprint density at radius 3 is 2.10 bits per heavy atom. The van der Waals surface area contributed by atoms with Gasteiger partial charge in [-0.1, -0.05) is 42.0 Å². The van der Waals surface area contributed by atoms with Crippen LogP contribution >= 0.6 is 0 Å². The maximum atomic E-state index is 13.7. The Morgan fingerprint density at radius 2 is 1.45 bits per heavy atom. The predicted molar refractivity (Wildman–Crippen MR) is 107 cm³/mol. The number of halogens is 2. The quantitative estimate of drug-likeness (QED) is 0.659. The number of anilines is 2. The van der Waals surface area contributed by atoms with Crippen LogP contribution in [0.1, 0.15) is 11.1 Å². The van der Waals surface area contributed by atoms with Crippen molar-refractivity contribution in [3.05, 3.63) is 101 Å². The molecule has 3 aromatic rings. The lowest BCUT2D eigenvalue weighted by Gasteiger charge is -2.15. The number of carbonyl (C=O) groups is 2. The number of nitrogens with one attached hydrogen (secondary N) is 1. The lowest BCUT2D eigenvalue weighted by molar-refractivity contribution is -0.120. The summed E-state index contributed by atoms with van der Waals surface area (Å²) in [4.78, 5) is 27.2. The number of hydrogen-bond donors (Lipinski definition) is 1. The number of hydrogen-bond acceptors (Lipinski definition) is 3. The Labute approximate surface area is 166 Å². The lowest BCUT2D eigenvalue weighted by atomic mass is 10.0. The molecule has 3 aromatic carbocycles. The summed E-state index contributed by atoms with van der Waals surface area (Å²) in [7, 11) is 0. The highest BCUT2D eigenvalue weighted by atomic mass is 19.1. The van der Waals surface area contributed by atoms with Crippen molar-refractivity contribution in [1.29, 1.82) is 0 Å². The largest absolute Gasteiger partial charge is 0.350 e. The van der Waals surface area contributed by atoms with E-state index in [1.165, 1.54) is 36.4 Å². The van der Waals surface area contributed by atoms with Crippen LogP contribution in [0, 0.1) is 18.6 Å². The molecular weight excluding hydrogens is 374 g/mol. The Kier molecular flexibility index (Phi) is 4.68. The summed E-state index contributed by atoms with van der Waals surface area (Å²) in [6, 6.07) is 18.0. The third-order valence-electron chi connectivity index (χ3n) is 4.58. The van der Waals surface area contributed by atoms with Gasteiger partial charge in [0.15, 0.2) is 0 Å². The number of rotatable bonds is 4. The lowest BCUT2D eigenvalue weighted by Crippen LogP contribution is -2.32. The highest BCUT2D eigenvalue weighted by molar-refractivity contribution is 6.46. The van der Waals surface area contributed by atoms with Crippen molar-refractivity contribution < 1.29 is 18.4 Å². The van der Waals surface area contributed by atoms with Crippen LogP contribution in [0.2, 0.25) is 0 Å². The fraction of sp³-hybridized carbons (Fsp3) is 0.0435. The van der Waals surface area contributed by atoms with Crippen molar-refractivity contribution in [2.24, 2.45) is 0 Å². The molecule has 0 aliphatic carbocycles. The zero-order chi connectivity index (χ0) is 20.5. The molecule has 4 rings (SSSR count). The zero-order valence-electron chi connectivity index (χ0n) is 15.4. The van der Waals surface area contributed by atoms with Crippen LogP contribution in [0.5, 0.6) is 0 Å². The van der Waals surface area contributed by atoms with Gasteiger partial charge in [0.25, 0.3) is 11.8 Å². The highest BCUT2D eigenvalue weighted by Gasteiger charge is 2.40. The molecule has 1 aliphatic rings. The minimum absolute atomic E-state index is 0.00807. The molecule has 0 aromatic heterocycles. The van der Waals surface area contributed by atoms with Crippen molar-refractivity contribution in [3.63, 3.8) is 0 Å². The Balaban J connectivity index is 1.83. The van der Waals surface area contributed by atoms with Gasteiger partial charge >= 0.3 is 0 Å². The number of amides is 2. The van der Waals surface area contributed by atoms with Gasteiger partial charge in [0.05, 0.1) is 11.3 Å². The maximum Gasteiger partial charge on any atom is 0.282 e. The van der Waals surface area contributed by atoms with Crippen molar-refractivity contribution in [2.75, 3.05) is 10.2 Å². The summed E-state index contributed by atoms with van der Waals surface area (Å²) in [5.41, 5.74) is 2.13. The van der Waals surface area contributed by atoms with E-state index in [-0.39, 0.29) is 17.0 Å². The van der Waals surface area contributed by atoms with E-state index in [2.05, 4.69) is 5.32 Å². The maximum absolute atomic E-state index is 13.7. The fourth-order valence-corrected chi connectivity index (χ4v) is 3.19. The first-order valence-electron chi connectivity index (χ1n) is 8.92. The van der Waals surface area contributed by atoms with E-state index >= 15 is 0 Å². The molecule has 1 heterocycles. The molecule has 0 radical (unpaired) electrons. The van der Waals surface area contributed by atoms with Crippen LogP contribution in [-0.4, -0.2) is 11.8 Å². The molecule has 2 amide bonds. The van der Waals surface area contributed by atoms with E-state index in [4.69, 9.17) is 0 Å². The molecule has 6 heteroatoms. The summed E-state index contributed by atoms with van der Waals surface area (Å²) < 4.78 is 27.3. The second-order valence-electron chi connectivity index (χ2n) is 6.68. The molecule has 0 saturated carbocycles. The van der Waals surface area contributed by atoms with E-state index in [0.717, 1.165) is 16.5 Å². The molecule has 29 heavy (non-hydrogen) atoms. The molecule has 1 N–H and O–H groups in total. The van der Waals surface area contributed by atoms with Gasteiger partial charge in [-0.15, -0.1) is 0 Å². The second kappa shape index (κ2) is 7.31. The van der Waals surface area contributed by atoms with Gasteiger partial charge in [0.1, 0.15) is 17.3 Å². The third-order valence-corrected chi connectivity index (χ3v) is 4.58. The summed E-state index contributed by atoms with van der Waals surface area (Å²) in [5.74, 6) is -2.26. The first-order chi connectivity index (χ1) is 13.9.